The molecular weight excluding hydrogens is 410 g/mol. The maximum absolute atomic E-state index is 12.4. The van der Waals surface area contributed by atoms with Gasteiger partial charge in [-0.25, -0.2) is 4.98 Å². The Balaban J connectivity index is 1.32. The number of hydrogen-bond acceptors (Lipinski definition) is 3. The molecule has 0 unspecified atom stereocenters. The summed E-state index contributed by atoms with van der Waals surface area (Å²) in [6.45, 7) is 6.44. The van der Waals surface area contributed by atoms with Gasteiger partial charge in [0.15, 0.2) is 0 Å². The van der Waals surface area contributed by atoms with E-state index in [4.69, 9.17) is 9.72 Å². The minimum Gasteiger partial charge on any atom is -0.492 e. The first-order valence-corrected chi connectivity index (χ1v) is 12.6. The number of aryl methyl sites for hydroxylation is 1. The molecule has 176 valence electrons. The molecule has 1 aromatic heterocycles. The van der Waals surface area contributed by atoms with Crippen LogP contribution in [0.15, 0.2) is 48.5 Å². The Labute approximate surface area is 197 Å². The summed E-state index contributed by atoms with van der Waals surface area (Å²) in [5.41, 5.74) is 3.47. The molecule has 0 saturated heterocycles. The molecule has 33 heavy (non-hydrogen) atoms. The van der Waals surface area contributed by atoms with Crippen molar-refractivity contribution < 1.29 is 9.53 Å². The van der Waals surface area contributed by atoms with Crippen molar-refractivity contribution in [2.45, 2.75) is 71.3 Å². The number of fused-ring (bicyclic) bond motifs is 1. The van der Waals surface area contributed by atoms with Crippen LogP contribution in [0.1, 0.15) is 69.7 Å². The highest BCUT2D eigenvalue weighted by Gasteiger charge is 2.20. The zero-order valence-electron chi connectivity index (χ0n) is 20.1. The first-order chi connectivity index (χ1) is 16.1. The second-order valence-electron chi connectivity index (χ2n) is 9.47. The van der Waals surface area contributed by atoms with Gasteiger partial charge in [-0.1, -0.05) is 57.4 Å². The van der Waals surface area contributed by atoms with Crippen LogP contribution in [-0.2, 0) is 17.8 Å². The Morgan fingerprint density at radius 2 is 1.85 bits per heavy atom. The number of nitrogens with one attached hydrogen (secondary N) is 1. The smallest absolute Gasteiger partial charge is 0.223 e. The van der Waals surface area contributed by atoms with Gasteiger partial charge >= 0.3 is 0 Å². The summed E-state index contributed by atoms with van der Waals surface area (Å²) >= 11 is 0. The van der Waals surface area contributed by atoms with E-state index in [1.807, 2.05) is 6.07 Å². The predicted octanol–water partition coefficient (Wildman–Crippen LogP) is 5.87. The number of carbonyl (C=O) groups excluding carboxylic acids is 1. The largest absolute Gasteiger partial charge is 0.492 e. The third-order valence-electron chi connectivity index (χ3n) is 6.72. The predicted molar refractivity (Wildman–Crippen MR) is 134 cm³/mol. The molecular formula is C28H37N3O2. The molecule has 2 aromatic carbocycles. The molecule has 3 aromatic rings. The Morgan fingerprint density at radius 1 is 1.09 bits per heavy atom. The highest BCUT2D eigenvalue weighted by atomic mass is 16.5. The van der Waals surface area contributed by atoms with Gasteiger partial charge in [-0.2, -0.15) is 0 Å². The fourth-order valence-electron chi connectivity index (χ4n) is 4.74. The molecule has 0 spiro atoms. The first-order valence-electron chi connectivity index (χ1n) is 12.6. The fourth-order valence-corrected chi connectivity index (χ4v) is 4.74. The summed E-state index contributed by atoms with van der Waals surface area (Å²) in [5.74, 6) is 2.93. The number of nitrogens with zero attached hydrogens (tertiary/aromatic N) is 2. The van der Waals surface area contributed by atoms with Crippen LogP contribution in [0.3, 0.4) is 0 Å². The van der Waals surface area contributed by atoms with Crippen LogP contribution in [0, 0.1) is 5.92 Å². The van der Waals surface area contributed by atoms with Crippen molar-refractivity contribution >= 4 is 16.9 Å². The van der Waals surface area contributed by atoms with E-state index < -0.39 is 0 Å². The third-order valence-corrected chi connectivity index (χ3v) is 6.72. The molecule has 5 heteroatoms. The van der Waals surface area contributed by atoms with E-state index in [0.717, 1.165) is 54.8 Å². The lowest BCUT2D eigenvalue weighted by Gasteiger charge is -2.20. The molecule has 1 saturated carbocycles. The molecule has 1 amide bonds. The SMILES string of the molecule is CC(C)c1ccc(OCCn2c(CCCNC(=O)C3CCCCC3)nc3ccccc32)cc1. The van der Waals surface area contributed by atoms with Crippen molar-refractivity contribution in [1.82, 2.24) is 14.9 Å². The molecule has 1 N–H and O–H groups in total. The molecule has 5 nitrogen and oxygen atoms in total. The Hall–Kier alpha value is -2.82. The van der Waals surface area contributed by atoms with Crippen molar-refractivity contribution in [3.05, 3.63) is 59.9 Å². The number of rotatable bonds is 10. The van der Waals surface area contributed by atoms with Crippen molar-refractivity contribution in [3.63, 3.8) is 0 Å². The number of amides is 1. The molecule has 1 heterocycles. The topological polar surface area (TPSA) is 56.1 Å². The lowest BCUT2D eigenvalue weighted by atomic mass is 9.89. The number of hydrogen-bond donors (Lipinski definition) is 1. The fraction of sp³-hybridized carbons (Fsp3) is 0.500. The minimum atomic E-state index is 0.218. The normalized spacial score (nSPS) is 14.6. The zero-order chi connectivity index (χ0) is 23.0. The van der Waals surface area contributed by atoms with E-state index in [2.05, 4.69) is 66.2 Å². The second kappa shape index (κ2) is 11.4. The van der Waals surface area contributed by atoms with E-state index in [1.54, 1.807) is 0 Å². The van der Waals surface area contributed by atoms with Crippen LogP contribution in [-0.4, -0.2) is 28.6 Å². The van der Waals surface area contributed by atoms with Crippen LogP contribution in [0.2, 0.25) is 0 Å². The third kappa shape index (κ3) is 6.16. The van der Waals surface area contributed by atoms with Crippen molar-refractivity contribution in [2.75, 3.05) is 13.2 Å². The highest BCUT2D eigenvalue weighted by molar-refractivity contribution is 5.78. The van der Waals surface area contributed by atoms with Crippen LogP contribution >= 0.6 is 0 Å². The highest BCUT2D eigenvalue weighted by Crippen LogP contribution is 2.24. The monoisotopic (exact) mass is 447 g/mol. The number of carbonyl (C=O) groups is 1. The molecule has 0 radical (unpaired) electrons. The molecule has 0 bridgehead atoms. The van der Waals surface area contributed by atoms with Gasteiger partial charge in [0, 0.05) is 18.9 Å². The average molecular weight is 448 g/mol. The number of imidazole rings is 1. The van der Waals surface area contributed by atoms with E-state index in [-0.39, 0.29) is 11.8 Å². The average Bonchev–Trinajstić information content (AvgIpc) is 3.20. The lowest BCUT2D eigenvalue weighted by Crippen LogP contribution is -2.32. The lowest BCUT2D eigenvalue weighted by molar-refractivity contribution is -0.125. The molecule has 1 fully saturated rings. The van der Waals surface area contributed by atoms with Gasteiger partial charge in [-0.15, -0.1) is 0 Å². The van der Waals surface area contributed by atoms with Gasteiger partial charge in [0.25, 0.3) is 0 Å². The van der Waals surface area contributed by atoms with Gasteiger partial charge in [0.1, 0.15) is 18.2 Å². The molecule has 0 atom stereocenters. The minimum absolute atomic E-state index is 0.218. The first kappa shape index (κ1) is 23.3. The standard InChI is InChI=1S/C28H37N3O2/c1-21(2)22-14-16-24(17-15-22)33-20-19-31-26-12-7-6-11-25(26)30-27(31)13-8-18-29-28(32)23-9-4-3-5-10-23/h6-7,11-12,14-17,21,23H,3-5,8-10,13,18-20H2,1-2H3,(H,29,32). The second-order valence-corrected chi connectivity index (χ2v) is 9.47. The molecule has 1 aliphatic carbocycles. The number of benzene rings is 2. The van der Waals surface area contributed by atoms with Crippen molar-refractivity contribution in [3.8, 4) is 5.75 Å². The summed E-state index contributed by atoms with van der Waals surface area (Å²) in [6, 6.07) is 16.6. The number of ether oxygens (including phenoxy) is 1. The summed E-state index contributed by atoms with van der Waals surface area (Å²) < 4.78 is 8.30. The van der Waals surface area contributed by atoms with Gasteiger partial charge in [-0.05, 0) is 55.0 Å². The van der Waals surface area contributed by atoms with Crippen LogP contribution in [0.5, 0.6) is 5.75 Å². The van der Waals surface area contributed by atoms with Gasteiger partial charge < -0.3 is 14.6 Å². The Morgan fingerprint density at radius 3 is 2.61 bits per heavy atom. The van der Waals surface area contributed by atoms with E-state index in [1.165, 1.54) is 24.8 Å². The summed E-state index contributed by atoms with van der Waals surface area (Å²) in [6.07, 6.45) is 7.46. The maximum Gasteiger partial charge on any atom is 0.223 e. The molecule has 4 rings (SSSR count). The summed E-state index contributed by atoms with van der Waals surface area (Å²) in [7, 11) is 0. The van der Waals surface area contributed by atoms with E-state index >= 15 is 0 Å². The van der Waals surface area contributed by atoms with E-state index in [9.17, 15) is 4.79 Å². The van der Waals surface area contributed by atoms with Crippen molar-refractivity contribution in [2.24, 2.45) is 5.92 Å². The Bertz CT molecular complexity index is 1030. The maximum atomic E-state index is 12.4. The number of aromatic nitrogens is 2. The van der Waals surface area contributed by atoms with Gasteiger partial charge in [0.05, 0.1) is 17.6 Å². The number of para-hydroxylation sites is 2. The Kier molecular flexibility index (Phi) is 8.03. The van der Waals surface area contributed by atoms with Gasteiger partial charge in [0.2, 0.25) is 5.91 Å². The molecule has 0 aliphatic heterocycles. The summed E-state index contributed by atoms with van der Waals surface area (Å²) in [4.78, 5) is 17.3. The quantitative estimate of drug-likeness (QED) is 0.396. The van der Waals surface area contributed by atoms with Crippen LogP contribution in [0.4, 0.5) is 0 Å². The zero-order valence-corrected chi connectivity index (χ0v) is 20.1. The van der Waals surface area contributed by atoms with E-state index in [0.29, 0.717) is 19.1 Å². The van der Waals surface area contributed by atoms with Crippen molar-refractivity contribution in [1.29, 1.82) is 0 Å². The summed E-state index contributed by atoms with van der Waals surface area (Å²) in [5, 5.41) is 3.15. The van der Waals surface area contributed by atoms with Crippen LogP contribution < -0.4 is 10.1 Å². The van der Waals surface area contributed by atoms with Crippen LogP contribution in [0.25, 0.3) is 11.0 Å². The molecule has 1 aliphatic rings. The van der Waals surface area contributed by atoms with Gasteiger partial charge in [-0.3, -0.25) is 4.79 Å².